The molecule has 1 amide bonds. The van der Waals surface area contributed by atoms with Crippen LogP contribution in [-0.2, 0) is 17.9 Å². The minimum Gasteiger partial charge on any atom is -0.436 e. The number of halogens is 1. The number of rotatable bonds is 7. The summed E-state index contributed by atoms with van der Waals surface area (Å²) in [6, 6.07) is 11.4. The van der Waals surface area contributed by atoms with Crippen LogP contribution in [0.25, 0.3) is 0 Å². The van der Waals surface area contributed by atoms with E-state index in [4.69, 9.17) is 4.74 Å². The molecule has 3 rings (SSSR count). The molecule has 6 nitrogen and oxygen atoms in total. The Balaban J connectivity index is 1.63. The Morgan fingerprint density at radius 1 is 1.23 bits per heavy atom. The third kappa shape index (κ3) is 4.44. The summed E-state index contributed by atoms with van der Waals surface area (Å²) in [5.41, 5.74) is 0.662. The van der Waals surface area contributed by atoms with Crippen LogP contribution < -0.4 is 10.1 Å². The summed E-state index contributed by atoms with van der Waals surface area (Å²) < 4.78 is 21.1. The van der Waals surface area contributed by atoms with Crippen molar-refractivity contribution in [3.63, 3.8) is 0 Å². The van der Waals surface area contributed by atoms with Crippen molar-refractivity contribution in [2.24, 2.45) is 5.92 Å². The molecule has 1 aromatic carbocycles. The predicted molar refractivity (Wildman–Crippen MR) is 93.9 cm³/mol. The minimum atomic E-state index is -0.471. The van der Waals surface area contributed by atoms with E-state index in [2.05, 4.69) is 15.4 Å². The van der Waals surface area contributed by atoms with Gasteiger partial charge in [0.2, 0.25) is 11.8 Å². The second-order valence-corrected chi connectivity index (χ2v) is 5.85. The summed E-state index contributed by atoms with van der Waals surface area (Å²) in [5, 5.41) is 6.96. The molecule has 0 spiro atoms. The summed E-state index contributed by atoms with van der Waals surface area (Å²) in [6.07, 6.45) is 5.04. The molecule has 134 valence electrons. The van der Waals surface area contributed by atoms with Crippen molar-refractivity contribution in [2.45, 2.75) is 20.0 Å². The molecule has 0 aliphatic carbocycles. The van der Waals surface area contributed by atoms with Crippen LogP contribution in [0, 0.1) is 11.7 Å². The largest absolute Gasteiger partial charge is 0.436 e. The van der Waals surface area contributed by atoms with Gasteiger partial charge in [0.1, 0.15) is 0 Å². The van der Waals surface area contributed by atoms with Crippen molar-refractivity contribution in [2.75, 3.05) is 0 Å². The minimum absolute atomic E-state index is 0.0887. The topological polar surface area (TPSA) is 69.0 Å². The van der Waals surface area contributed by atoms with Gasteiger partial charge in [0.15, 0.2) is 11.6 Å². The summed E-state index contributed by atoms with van der Waals surface area (Å²) in [6.45, 7) is 2.56. The molecular weight excluding hydrogens is 335 g/mol. The van der Waals surface area contributed by atoms with Gasteiger partial charge in [-0.2, -0.15) is 5.10 Å². The standard InChI is InChI=1S/C19H19FN4O2/c1-14(13-24-11-5-10-23-24)18(25)22-12-15-6-4-9-21-19(15)26-17-8-3-2-7-16(17)20/h2-11,14H,12-13H2,1H3,(H,22,25)/t14-/m0/s1. The molecule has 26 heavy (non-hydrogen) atoms. The van der Waals surface area contributed by atoms with Crippen LogP contribution >= 0.6 is 0 Å². The van der Waals surface area contributed by atoms with Crippen molar-refractivity contribution in [1.82, 2.24) is 20.1 Å². The number of nitrogens with one attached hydrogen (secondary N) is 1. The fourth-order valence-corrected chi connectivity index (χ4v) is 2.41. The van der Waals surface area contributed by atoms with Gasteiger partial charge in [-0.05, 0) is 24.3 Å². The van der Waals surface area contributed by atoms with Crippen LogP contribution in [0.15, 0.2) is 61.1 Å². The Morgan fingerprint density at radius 3 is 2.85 bits per heavy atom. The smallest absolute Gasteiger partial charge is 0.224 e. The zero-order chi connectivity index (χ0) is 18.4. The highest BCUT2D eigenvalue weighted by molar-refractivity contribution is 5.78. The number of hydrogen-bond acceptors (Lipinski definition) is 4. The number of nitrogens with zero attached hydrogens (tertiary/aromatic N) is 3. The highest BCUT2D eigenvalue weighted by atomic mass is 19.1. The van der Waals surface area contributed by atoms with E-state index in [0.29, 0.717) is 12.1 Å². The number of aromatic nitrogens is 3. The SMILES string of the molecule is C[C@@H](Cn1cccn1)C(=O)NCc1cccnc1Oc1ccccc1F. The lowest BCUT2D eigenvalue weighted by Crippen LogP contribution is -2.31. The Hall–Kier alpha value is -3.22. The van der Waals surface area contributed by atoms with Gasteiger partial charge < -0.3 is 10.1 Å². The number of ether oxygens (including phenoxy) is 1. The molecular formula is C19H19FN4O2. The number of pyridine rings is 1. The van der Waals surface area contributed by atoms with Crippen molar-refractivity contribution in [1.29, 1.82) is 0 Å². The Morgan fingerprint density at radius 2 is 2.08 bits per heavy atom. The van der Waals surface area contributed by atoms with Gasteiger partial charge in [0.05, 0.1) is 12.5 Å². The first-order chi connectivity index (χ1) is 12.6. The highest BCUT2D eigenvalue weighted by Gasteiger charge is 2.15. The van der Waals surface area contributed by atoms with Gasteiger partial charge in [-0.3, -0.25) is 9.48 Å². The molecule has 2 heterocycles. The molecule has 0 aliphatic rings. The van der Waals surface area contributed by atoms with Gasteiger partial charge in [0, 0.05) is 30.7 Å². The van der Waals surface area contributed by atoms with E-state index in [9.17, 15) is 9.18 Å². The molecule has 7 heteroatoms. The van der Waals surface area contributed by atoms with E-state index >= 15 is 0 Å². The van der Waals surface area contributed by atoms with Gasteiger partial charge >= 0.3 is 0 Å². The van der Waals surface area contributed by atoms with Gasteiger partial charge in [-0.25, -0.2) is 9.37 Å². The third-order valence-electron chi connectivity index (χ3n) is 3.81. The average molecular weight is 354 g/mol. The van der Waals surface area contributed by atoms with E-state index in [0.717, 1.165) is 0 Å². The first kappa shape index (κ1) is 17.6. The summed E-state index contributed by atoms with van der Waals surface area (Å²) in [5.74, 6) is -0.479. The lowest BCUT2D eigenvalue weighted by atomic mass is 10.1. The molecule has 0 bridgehead atoms. The number of carbonyl (C=O) groups excluding carboxylic acids is 1. The number of amides is 1. The molecule has 1 atom stereocenters. The zero-order valence-electron chi connectivity index (χ0n) is 14.3. The maximum atomic E-state index is 13.8. The molecule has 0 fully saturated rings. The maximum absolute atomic E-state index is 13.8. The fourth-order valence-electron chi connectivity index (χ4n) is 2.41. The zero-order valence-corrected chi connectivity index (χ0v) is 14.3. The van der Waals surface area contributed by atoms with E-state index in [1.807, 2.05) is 19.2 Å². The lowest BCUT2D eigenvalue weighted by molar-refractivity contribution is -0.125. The third-order valence-corrected chi connectivity index (χ3v) is 3.81. The molecule has 0 unspecified atom stereocenters. The average Bonchev–Trinajstić information content (AvgIpc) is 3.15. The van der Waals surface area contributed by atoms with Crippen molar-refractivity contribution < 1.29 is 13.9 Å². The van der Waals surface area contributed by atoms with E-state index in [-0.39, 0.29) is 30.0 Å². The van der Waals surface area contributed by atoms with Crippen molar-refractivity contribution >= 4 is 5.91 Å². The van der Waals surface area contributed by atoms with Crippen LogP contribution in [0.2, 0.25) is 0 Å². The monoisotopic (exact) mass is 354 g/mol. The van der Waals surface area contributed by atoms with Crippen molar-refractivity contribution in [3.8, 4) is 11.6 Å². The summed E-state index contributed by atoms with van der Waals surface area (Å²) in [4.78, 5) is 16.4. The molecule has 0 saturated carbocycles. The number of benzene rings is 1. The number of carbonyl (C=O) groups is 1. The Bertz CT molecular complexity index is 867. The fraction of sp³-hybridized carbons (Fsp3) is 0.211. The molecule has 0 radical (unpaired) electrons. The molecule has 2 aromatic heterocycles. The Labute approximate surface area is 150 Å². The normalized spacial score (nSPS) is 11.8. The van der Waals surface area contributed by atoms with Crippen molar-refractivity contribution in [3.05, 3.63) is 72.4 Å². The van der Waals surface area contributed by atoms with Crippen LogP contribution in [-0.4, -0.2) is 20.7 Å². The first-order valence-corrected chi connectivity index (χ1v) is 8.25. The quantitative estimate of drug-likeness (QED) is 0.708. The second-order valence-electron chi connectivity index (χ2n) is 5.85. The number of hydrogen-bond donors (Lipinski definition) is 1. The van der Waals surface area contributed by atoms with Crippen LogP contribution in [0.1, 0.15) is 12.5 Å². The Kier molecular flexibility index (Phi) is 5.58. The van der Waals surface area contributed by atoms with Gasteiger partial charge in [-0.15, -0.1) is 0 Å². The lowest BCUT2D eigenvalue weighted by Gasteiger charge is -2.14. The van der Waals surface area contributed by atoms with Crippen LogP contribution in [0.4, 0.5) is 4.39 Å². The van der Waals surface area contributed by atoms with Crippen LogP contribution in [0.5, 0.6) is 11.6 Å². The molecule has 0 aliphatic heterocycles. The number of para-hydroxylation sites is 1. The molecule has 3 aromatic rings. The second kappa shape index (κ2) is 8.24. The summed E-state index contributed by atoms with van der Waals surface area (Å²) in [7, 11) is 0. The maximum Gasteiger partial charge on any atom is 0.224 e. The van der Waals surface area contributed by atoms with Crippen LogP contribution in [0.3, 0.4) is 0 Å². The molecule has 1 N–H and O–H groups in total. The van der Waals surface area contributed by atoms with E-state index in [1.165, 1.54) is 12.1 Å². The van der Waals surface area contributed by atoms with E-state index in [1.54, 1.807) is 41.3 Å². The first-order valence-electron chi connectivity index (χ1n) is 8.25. The molecule has 0 saturated heterocycles. The highest BCUT2D eigenvalue weighted by Crippen LogP contribution is 2.25. The van der Waals surface area contributed by atoms with Gasteiger partial charge in [-0.1, -0.05) is 25.1 Å². The summed E-state index contributed by atoms with van der Waals surface area (Å²) >= 11 is 0. The van der Waals surface area contributed by atoms with Gasteiger partial charge in [0.25, 0.3) is 0 Å². The van der Waals surface area contributed by atoms with E-state index < -0.39 is 5.82 Å². The predicted octanol–water partition coefficient (Wildman–Crippen LogP) is 3.16.